The zero-order valence-electron chi connectivity index (χ0n) is 7.20. The van der Waals surface area contributed by atoms with Crippen LogP contribution in [0.2, 0.25) is 0 Å². The van der Waals surface area contributed by atoms with Crippen LogP contribution in [-0.2, 0) is 4.79 Å². The monoisotopic (exact) mass is 250 g/mol. The minimum atomic E-state index is 0.670. The van der Waals surface area contributed by atoms with Gasteiger partial charge in [-0.2, -0.15) is 0 Å². The van der Waals surface area contributed by atoms with Gasteiger partial charge in [-0.1, -0.05) is 15.9 Å². The first-order valence-corrected chi connectivity index (χ1v) is 4.84. The number of anilines is 1. The molecule has 0 spiro atoms. The van der Waals surface area contributed by atoms with Gasteiger partial charge in [-0.05, 0) is 18.2 Å². The number of carbonyl (C=O) groups is 1. The molecule has 0 atom stereocenters. The van der Waals surface area contributed by atoms with Crippen LogP contribution in [0.5, 0.6) is 0 Å². The summed E-state index contributed by atoms with van der Waals surface area (Å²) in [5, 5.41) is 4.61. The van der Waals surface area contributed by atoms with Crippen molar-refractivity contribution in [2.45, 2.75) is 0 Å². The standard InChI is InChI=1S/C10H7BrN2O/c11-9-1-2-10(13-6-14)7-3-4-12-5-8(7)9/h1-6H,(H,13,14). The number of benzene rings is 1. The number of aromatic nitrogens is 1. The van der Waals surface area contributed by atoms with E-state index in [-0.39, 0.29) is 0 Å². The van der Waals surface area contributed by atoms with Gasteiger partial charge < -0.3 is 5.32 Å². The first kappa shape index (κ1) is 9.15. The van der Waals surface area contributed by atoms with Gasteiger partial charge in [0.2, 0.25) is 6.41 Å². The van der Waals surface area contributed by atoms with E-state index in [2.05, 4.69) is 26.2 Å². The van der Waals surface area contributed by atoms with Gasteiger partial charge in [-0.25, -0.2) is 0 Å². The van der Waals surface area contributed by atoms with Gasteiger partial charge in [-0.3, -0.25) is 9.78 Å². The predicted molar refractivity (Wildman–Crippen MR) is 59.1 cm³/mol. The smallest absolute Gasteiger partial charge is 0.211 e. The molecule has 0 fully saturated rings. The Morgan fingerprint density at radius 2 is 2.14 bits per heavy atom. The molecule has 0 saturated carbocycles. The fourth-order valence-electron chi connectivity index (χ4n) is 1.35. The molecule has 1 aromatic carbocycles. The lowest BCUT2D eigenvalue weighted by molar-refractivity contribution is -0.105. The van der Waals surface area contributed by atoms with E-state index in [9.17, 15) is 4.79 Å². The van der Waals surface area contributed by atoms with Gasteiger partial charge in [0, 0.05) is 33.3 Å². The van der Waals surface area contributed by atoms with Crippen LogP contribution < -0.4 is 5.32 Å². The van der Waals surface area contributed by atoms with E-state index in [1.54, 1.807) is 12.4 Å². The molecule has 3 nitrogen and oxygen atoms in total. The lowest BCUT2D eigenvalue weighted by Crippen LogP contribution is -1.94. The van der Waals surface area contributed by atoms with Crippen molar-refractivity contribution in [1.29, 1.82) is 0 Å². The van der Waals surface area contributed by atoms with E-state index in [0.29, 0.717) is 6.41 Å². The van der Waals surface area contributed by atoms with Crippen LogP contribution in [0, 0.1) is 0 Å². The van der Waals surface area contributed by atoms with Crippen LogP contribution in [0.3, 0.4) is 0 Å². The average molecular weight is 251 g/mol. The number of nitrogens with one attached hydrogen (secondary N) is 1. The maximum absolute atomic E-state index is 10.4. The molecule has 14 heavy (non-hydrogen) atoms. The molecule has 2 aromatic rings. The molecular weight excluding hydrogens is 244 g/mol. The summed E-state index contributed by atoms with van der Waals surface area (Å²) in [4.78, 5) is 14.4. The lowest BCUT2D eigenvalue weighted by Gasteiger charge is -2.05. The summed E-state index contributed by atoms with van der Waals surface area (Å²) in [7, 11) is 0. The number of fused-ring (bicyclic) bond motifs is 1. The minimum absolute atomic E-state index is 0.670. The van der Waals surface area contributed by atoms with Crippen LogP contribution in [0.25, 0.3) is 10.8 Å². The summed E-state index contributed by atoms with van der Waals surface area (Å²) in [6.07, 6.45) is 4.13. The molecule has 0 bridgehead atoms. The van der Waals surface area contributed by atoms with Crippen molar-refractivity contribution in [2.24, 2.45) is 0 Å². The number of nitrogens with zero attached hydrogens (tertiary/aromatic N) is 1. The minimum Gasteiger partial charge on any atom is -0.328 e. The summed E-state index contributed by atoms with van der Waals surface area (Å²) >= 11 is 3.43. The highest BCUT2D eigenvalue weighted by atomic mass is 79.9. The van der Waals surface area contributed by atoms with E-state index in [4.69, 9.17) is 0 Å². The molecule has 0 aliphatic carbocycles. The van der Waals surface area contributed by atoms with Crippen molar-refractivity contribution in [1.82, 2.24) is 4.98 Å². The fourth-order valence-corrected chi connectivity index (χ4v) is 1.79. The first-order chi connectivity index (χ1) is 6.83. The zero-order chi connectivity index (χ0) is 9.97. The summed E-state index contributed by atoms with van der Waals surface area (Å²) in [5.74, 6) is 0. The molecule has 2 rings (SSSR count). The Morgan fingerprint density at radius 1 is 1.29 bits per heavy atom. The molecule has 0 unspecified atom stereocenters. The number of halogens is 1. The highest BCUT2D eigenvalue weighted by Gasteiger charge is 2.02. The molecule has 0 radical (unpaired) electrons. The molecule has 0 saturated heterocycles. The highest BCUT2D eigenvalue weighted by Crippen LogP contribution is 2.28. The van der Waals surface area contributed by atoms with E-state index >= 15 is 0 Å². The van der Waals surface area contributed by atoms with Crippen LogP contribution in [-0.4, -0.2) is 11.4 Å². The third kappa shape index (κ3) is 1.48. The molecule has 70 valence electrons. The van der Waals surface area contributed by atoms with Crippen molar-refractivity contribution in [2.75, 3.05) is 5.32 Å². The van der Waals surface area contributed by atoms with Gasteiger partial charge >= 0.3 is 0 Å². The van der Waals surface area contributed by atoms with Gasteiger partial charge in [0.15, 0.2) is 0 Å². The van der Waals surface area contributed by atoms with Gasteiger partial charge in [0.1, 0.15) is 0 Å². The second-order valence-electron chi connectivity index (χ2n) is 2.78. The van der Waals surface area contributed by atoms with E-state index in [0.717, 1.165) is 20.9 Å². The highest BCUT2D eigenvalue weighted by molar-refractivity contribution is 9.10. The van der Waals surface area contributed by atoms with Crippen LogP contribution in [0.4, 0.5) is 5.69 Å². The molecule has 1 heterocycles. The number of hydrogen-bond donors (Lipinski definition) is 1. The third-order valence-electron chi connectivity index (χ3n) is 1.98. The molecule has 1 aromatic heterocycles. The quantitative estimate of drug-likeness (QED) is 0.833. The topological polar surface area (TPSA) is 42.0 Å². The fraction of sp³-hybridized carbons (Fsp3) is 0. The summed E-state index contributed by atoms with van der Waals surface area (Å²) in [6, 6.07) is 5.60. The van der Waals surface area contributed by atoms with Crippen molar-refractivity contribution in [3.63, 3.8) is 0 Å². The number of pyridine rings is 1. The van der Waals surface area contributed by atoms with E-state index in [1.807, 2.05) is 18.2 Å². The van der Waals surface area contributed by atoms with Crippen molar-refractivity contribution in [3.8, 4) is 0 Å². The zero-order valence-corrected chi connectivity index (χ0v) is 8.78. The summed E-state index contributed by atoms with van der Waals surface area (Å²) in [6.45, 7) is 0. The van der Waals surface area contributed by atoms with Gasteiger partial charge in [-0.15, -0.1) is 0 Å². The summed E-state index contributed by atoms with van der Waals surface area (Å²) in [5.41, 5.74) is 0.792. The number of hydrogen-bond acceptors (Lipinski definition) is 2. The average Bonchev–Trinajstić information content (AvgIpc) is 2.23. The maximum Gasteiger partial charge on any atom is 0.211 e. The lowest BCUT2D eigenvalue weighted by atomic mass is 10.1. The van der Waals surface area contributed by atoms with Crippen molar-refractivity contribution < 1.29 is 4.79 Å². The maximum atomic E-state index is 10.4. The largest absolute Gasteiger partial charge is 0.328 e. The van der Waals surface area contributed by atoms with Crippen LogP contribution in [0.15, 0.2) is 35.1 Å². The third-order valence-corrected chi connectivity index (χ3v) is 2.67. The second kappa shape index (κ2) is 3.75. The van der Waals surface area contributed by atoms with E-state index < -0.39 is 0 Å². The number of carbonyl (C=O) groups excluding carboxylic acids is 1. The van der Waals surface area contributed by atoms with Crippen LogP contribution >= 0.6 is 15.9 Å². The molecule has 4 heteroatoms. The Labute approximate surface area is 89.3 Å². The Bertz CT molecular complexity index is 485. The Morgan fingerprint density at radius 3 is 2.93 bits per heavy atom. The van der Waals surface area contributed by atoms with Gasteiger partial charge in [0.25, 0.3) is 0 Å². The van der Waals surface area contributed by atoms with E-state index in [1.165, 1.54) is 0 Å². The molecule has 1 N–H and O–H groups in total. The molecular formula is C10H7BrN2O. The van der Waals surface area contributed by atoms with Crippen LogP contribution in [0.1, 0.15) is 0 Å². The Kier molecular flexibility index (Phi) is 2.45. The Hall–Kier alpha value is -1.42. The molecule has 0 aliphatic rings. The summed E-state index contributed by atoms with van der Waals surface area (Å²) < 4.78 is 0.969. The second-order valence-corrected chi connectivity index (χ2v) is 3.63. The molecule has 1 amide bonds. The van der Waals surface area contributed by atoms with Crippen molar-refractivity contribution in [3.05, 3.63) is 35.1 Å². The normalized spacial score (nSPS) is 10.1. The number of rotatable bonds is 2. The first-order valence-electron chi connectivity index (χ1n) is 4.05. The number of amides is 1. The Balaban J connectivity index is 2.74. The van der Waals surface area contributed by atoms with Gasteiger partial charge in [0.05, 0.1) is 0 Å². The predicted octanol–water partition coefficient (Wildman–Crippen LogP) is 2.57. The van der Waals surface area contributed by atoms with Crippen molar-refractivity contribution >= 4 is 38.8 Å². The molecule has 0 aliphatic heterocycles. The SMILES string of the molecule is O=CNc1ccc(Br)c2cnccc12.